The Balaban J connectivity index is 1.40. The first-order valence-corrected chi connectivity index (χ1v) is 9.66. The van der Waals surface area contributed by atoms with Crippen LogP contribution in [0, 0.1) is 0 Å². The maximum atomic E-state index is 13.1. The van der Waals surface area contributed by atoms with Crippen molar-refractivity contribution < 1.29 is 23.5 Å². The van der Waals surface area contributed by atoms with Gasteiger partial charge in [0.2, 0.25) is 11.8 Å². The number of amides is 3. The average molecular weight is 397 g/mol. The third kappa shape index (κ3) is 4.17. The summed E-state index contributed by atoms with van der Waals surface area (Å²) in [6.07, 6.45) is 1.47. The number of hydrogen-bond acceptors (Lipinski definition) is 5. The predicted octanol–water partition coefficient (Wildman–Crippen LogP) is 0.992. The lowest BCUT2D eigenvalue weighted by Crippen LogP contribution is -2.60. The van der Waals surface area contributed by atoms with Gasteiger partial charge in [-0.3, -0.25) is 14.4 Å². The second kappa shape index (κ2) is 8.48. The van der Waals surface area contributed by atoms with Gasteiger partial charge >= 0.3 is 0 Å². The Hall–Kier alpha value is -3.13. The van der Waals surface area contributed by atoms with Crippen molar-refractivity contribution in [3.05, 3.63) is 60.1 Å². The average Bonchev–Trinajstić information content (AvgIpc) is 3.30. The van der Waals surface area contributed by atoms with Crippen molar-refractivity contribution in [3.63, 3.8) is 0 Å². The van der Waals surface area contributed by atoms with Gasteiger partial charge in [-0.1, -0.05) is 30.3 Å². The van der Waals surface area contributed by atoms with Gasteiger partial charge in [0.15, 0.2) is 5.76 Å². The number of piperazine rings is 1. The highest BCUT2D eigenvalue weighted by molar-refractivity contribution is 5.92. The van der Waals surface area contributed by atoms with E-state index < -0.39 is 6.04 Å². The Kier molecular flexibility index (Phi) is 5.62. The second-order valence-electron chi connectivity index (χ2n) is 7.13. The molecular formula is C21H23N3O5. The molecule has 0 bridgehead atoms. The van der Waals surface area contributed by atoms with Gasteiger partial charge in [-0.15, -0.1) is 0 Å². The van der Waals surface area contributed by atoms with Gasteiger partial charge in [-0.2, -0.15) is 0 Å². The molecule has 152 valence electrons. The fourth-order valence-corrected chi connectivity index (χ4v) is 3.68. The molecule has 0 aliphatic carbocycles. The van der Waals surface area contributed by atoms with Crippen LogP contribution in [0.15, 0.2) is 53.1 Å². The molecule has 1 aromatic carbocycles. The van der Waals surface area contributed by atoms with Gasteiger partial charge in [-0.05, 0) is 17.7 Å². The molecule has 8 heteroatoms. The lowest BCUT2D eigenvalue weighted by atomic mass is 10.1. The standard InChI is InChI=1S/C21H23N3O5/c25-19-15-28-14-17(24(19)13-16-5-2-1-3-6-16)20(26)22-8-10-23(11-9-22)21(27)18-7-4-12-29-18/h1-7,12,17H,8-11,13-15H2/t17-/m1/s1. The number of rotatable bonds is 4. The number of nitrogens with zero attached hydrogens (tertiary/aromatic N) is 3. The molecule has 2 aliphatic heterocycles. The molecule has 0 saturated carbocycles. The van der Waals surface area contributed by atoms with E-state index in [9.17, 15) is 14.4 Å². The summed E-state index contributed by atoms with van der Waals surface area (Å²) in [6.45, 7) is 2.21. The van der Waals surface area contributed by atoms with Gasteiger partial charge in [0.1, 0.15) is 12.6 Å². The third-order valence-electron chi connectivity index (χ3n) is 5.29. The molecule has 0 spiro atoms. The van der Waals surface area contributed by atoms with E-state index in [0.29, 0.717) is 38.5 Å². The van der Waals surface area contributed by atoms with Crippen LogP contribution in [0.2, 0.25) is 0 Å². The molecule has 0 unspecified atom stereocenters. The first-order chi connectivity index (χ1) is 14.1. The minimum atomic E-state index is -0.649. The lowest BCUT2D eigenvalue weighted by Gasteiger charge is -2.40. The quantitative estimate of drug-likeness (QED) is 0.768. The number of furan rings is 1. The molecule has 4 rings (SSSR count). The summed E-state index contributed by atoms with van der Waals surface area (Å²) >= 11 is 0. The van der Waals surface area contributed by atoms with E-state index in [1.165, 1.54) is 6.26 Å². The van der Waals surface area contributed by atoms with Crippen LogP contribution < -0.4 is 0 Å². The molecule has 0 radical (unpaired) electrons. The Morgan fingerprint density at radius 3 is 2.38 bits per heavy atom. The number of carbonyl (C=O) groups excluding carboxylic acids is 3. The van der Waals surface area contributed by atoms with Crippen molar-refractivity contribution in [2.45, 2.75) is 12.6 Å². The van der Waals surface area contributed by atoms with Gasteiger partial charge in [0.05, 0.1) is 12.9 Å². The van der Waals surface area contributed by atoms with Crippen LogP contribution in [0.1, 0.15) is 16.1 Å². The van der Waals surface area contributed by atoms with Crippen molar-refractivity contribution in [2.75, 3.05) is 39.4 Å². The lowest BCUT2D eigenvalue weighted by molar-refractivity contribution is -0.160. The SMILES string of the molecule is O=C(c1ccco1)N1CCN(C(=O)[C@H]2COCC(=O)N2Cc2ccccc2)CC1. The van der Waals surface area contributed by atoms with Crippen molar-refractivity contribution in [1.82, 2.24) is 14.7 Å². The summed E-state index contributed by atoms with van der Waals surface area (Å²) in [6, 6.07) is 12.3. The van der Waals surface area contributed by atoms with Crippen molar-refractivity contribution in [1.29, 1.82) is 0 Å². The van der Waals surface area contributed by atoms with E-state index >= 15 is 0 Å². The number of morpholine rings is 1. The highest BCUT2D eigenvalue weighted by atomic mass is 16.5. The molecule has 0 N–H and O–H groups in total. The van der Waals surface area contributed by atoms with Gasteiger partial charge < -0.3 is 23.9 Å². The molecule has 2 aliphatic rings. The summed E-state index contributed by atoms with van der Waals surface area (Å²) < 4.78 is 10.5. The molecule has 1 atom stereocenters. The molecule has 3 heterocycles. The van der Waals surface area contributed by atoms with E-state index in [2.05, 4.69) is 0 Å². The Bertz CT molecular complexity index is 860. The van der Waals surface area contributed by atoms with Crippen LogP contribution in [-0.2, 0) is 20.9 Å². The van der Waals surface area contributed by atoms with Gasteiger partial charge in [-0.25, -0.2) is 0 Å². The zero-order valence-electron chi connectivity index (χ0n) is 16.0. The van der Waals surface area contributed by atoms with Crippen LogP contribution in [-0.4, -0.2) is 77.9 Å². The van der Waals surface area contributed by atoms with E-state index in [-0.39, 0.29) is 30.9 Å². The highest BCUT2D eigenvalue weighted by Gasteiger charge is 2.37. The van der Waals surface area contributed by atoms with E-state index in [0.717, 1.165) is 5.56 Å². The molecule has 2 aromatic rings. The first-order valence-electron chi connectivity index (χ1n) is 9.66. The third-order valence-corrected chi connectivity index (χ3v) is 5.29. The van der Waals surface area contributed by atoms with Crippen molar-refractivity contribution in [2.24, 2.45) is 0 Å². The minimum Gasteiger partial charge on any atom is -0.459 e. The summed E-state index contributed by atoms with van der Waals surface area (Å²) in [5, 5.41) is 0. The largest absolute Gasteiger partial charge is 0.459 e. The topological polar surface area (TPSA) is 83.3 Å². The molecular weight excluding hydrogens is 374 g/mol. The zero-order valence-corrected chi connectivity index (χ0v) is 16.0. The Labute approximate surface area is 168 Å². The minimum absolute atomic E-state index is 0.0119. The second-order valence-corrected chi connectivity index (χ2v) is 7.13. The fourth-order valence-electron chi connectivity index (χ4n) is 3.68. The molecule has 8 nitrogen and oxygen atoms in total. The summed E-state index contributed by atoms with van der Waals surface area (Å²) in [4.78, 5) is 42.9. The van der Waals surface area contributed by atoms with E-state index in [4.69, 9.17) is 9.15 Å². The van der Waals surface area contributed by atoms with Crippen LogP contribution >= 0.6 is 0 Å². The van der Waals surface area contributed by atoms with Crippen LogP contribution in [0.25, 0.3) is 0 Å². The Morgan fingerprint density at radius 2 is 1.69 bits per heavy atom. The Morgan fingerprint density at radius 1 is 0.966 bits per heavy atom. The highest BCUT2D eigenvalue weighted by Crippen LogP contribution is 2.17. The normalized spacial score (nSPS) is 20.1. The number of benzene rings is 1. The van der Waals surface area contributed by atoms with Crippen molar-refractivity contribution in [3.8, 4) is 0 Å². The number of carbonyl (C=O) groups is 3. The van der Waals surface area contributed by atoms with E-state index in [1.54, 1.807) is 26.8 Å². The summed E-state index contributed by atoms with van der Waals surface area (Å²) in [7, 11) is 0. The zero-order chi connectivity index (χ0) is 20.2. The summed E-state index contributed by atoms with van der Waals surface area (Å²) in [5.74, 6) is -0.210. The molecule has 2 saturated heterocycles. The number of hydrogen-bond donors (Lipinski definition) is 0. The van der Waals surface area contributed by atoms with Crippen LogP contribution in [0.5, 0.6) is 0 Å². The predicted molar refractivity (Wildman–Crippen MR) is 103 cm³/mol. The molecule has 3 amide bonds. The molecule has 2 fully saturated rings. The summed E-state index contributed by atoms with van der Waals surface area (Å²) in [5.41, 5.74) is 0.967. The maximum absolute atomic E-state index is 13.1. The van der Waals surface area contributed by atoms with Gasteiger partial charge in [0, 0.05) is 32.7 Å². The smallest absolute Gasteiger partial charge is 0.289 e. The van der Waals surface area contributed by atoms with Gasteiger partial charge in [0.25, 0.3) is 5.91 Å². The number of ether oxygens (including phenoxy) is 1. The van der Waals surface area contributed by atoms with Crippen LogP contribution in [0.3, 0.4) is 0 Å². The molecule has 1 aromatic heterocycles. The van der Waals surface area contributed by atoms with Crippen LogP contribution in [0.4, 0.5) is 0 Å². The van der Waals surface area contributed by atoms with Crippen molar-refractivity contribution >= 4 is 17.7 Å². The monoisotopic (exact) mass is 397 g/mol. The maximum Gasteiger partial charge on any atom is 0.289 e. The molecule has 29 heavy (non-hydrogen) atoms. The first kappa shape index (κ1) is 19.2. The van der Waals surface area contributed by atoms with E-state index in [1.807, 2.05) is 30.3 Å². The fraction of sp³-hybridized carbons (Fsp3) is 0.381.